The van der Waals surface area contributed by atoms with Crippen LogP contribution in [0.5, 0.6) is 0 Å². The van der Waals surface area contributed by atoms with Gasteiger partial charge in [-0.3, -0.25) is 0 Å². The van der Waals surface area contributed by atoms with Gasteiger partial charge in [0.2, 0.25) is 15.9 Å². The van der Waals surface area contributed by atoms with Crippen molar-refractivity contribution in [1.82, 2.24) is 10.1 Å². The lowest BCUT2D eigenvalue weighted by Gasteiger charge is -2.53. The molecule has 1 aromatic carbocycles. The first kappa shape index (κ1) is 17.4. The van der Waals surface area contributed by atoms with E-state index in [2.05, 4.69) is 19.0 Å². The van der Waals surface area contributed by atoms with Crippen LogP contribution in [-0.2, 0) is 10.0 Å². The highest BCUT2D eigenvalue weighted by molar-refractivity contribution is 7.89. The minimum Gasteiger partial charge on any atom is -0.339 e. The van der Waals surface area contributed by atoms with Gasteiger partial charge in [-0.05, 0) is 54.2 Å². The molecule has 3 fully saturated rings. The molecule has 1 aromatic heterocycles. The number of sulfonamides is 1. The van der Waals surface area contributed by atoms with E-state index in [-0.39, 0.29) is 22.1 Å². The minimum absolute atomic E-state index is 0.00170. The molecule has 1 heterocycles. The Hall–Kier alpha value is -1.73. The van der Waals surface area contributed by atoms with Crippen LogP contribution in [0.15, 0.2) is 33.7 Å². The molecule has 3 saturated carbocycles. The number of nitrogens with zero attached hydrogens (tertiary/aromatic N) is 2. The maximum atomic E-state index is 11.5. The summed E-state index contributed by atoms with van der Waals surface area (Å²) in [7, 11) is -3.67. The Bertz CT molecular complexity index is 982. The summed E-state index contributed by atoms with van der Waals surface area (Å²) in [6.07, 6.45) is 6.50. The lowest BCUT2D eigenvalue weighted by molar-refractivity contribution is 0.00543. The van der Waals surface area contributed by atoms with Crippen molar-refractivity contribution in [3.8, 4) is 0 Å². The first-order valence-electron chi connectivity index (χ1n) is 9.66. The lowest BCUT2D eigenvalue weighted by atomic mass is 9.52. The molecule has 2 N–H and O–H groups in total. The summed E-state index contributed by atoms with van der Waals surface area (Å²) in [5.74, 6) is 2.44. The molecule has 144 valence electrons. The summed E-state index contributed by atoms with van der Waals surface area (Å²) in [6.45, 7) is 4.37. The third-order valence-corrected chi connectivity index (χ3v) is 8.19. The third-order valence-electron chi connectivity index (χ3n) is 7.26. The normalized spacial score (nSPS) is 30.6. The summed E-state index contributed by atoms with van der Waals surface area (Å²) < 4.78 is 28.6. The molecule has 3 aliphatic carbocycles. The van der Waals surface area contributed by atoms with Crippen molar-refractivity contribution in [3.05, 3.63) is 41.5 Å². The Kier molecular flexibility index (Phi) is 3.48. The van der Waals surface area contributed by atoms with Crippen LogP contribution < -0.4 is 5.14 Å². The average Bonchev–Trinajstić information content (AvgIpc) is 2.87. The van der Waals surface area contributed by atoms with Gasteiger partial charge in [0.15, 0.2) is 5.82 Å². The van der Waals surface area contributed by atoms with Gasteiger partial charge < -0.3 is 4.52 Å². The van der Waals surface area contributed by atoms with Crippen LogP contribution in [0.4, 0.5) is 0 Å². The van der Waals surface area contributed by atoms with Crippen molar-refractivity contribution in [2.45, 2.75) is 68.6 Å². The van der Waals surface area contributed by atoms with Gasteiger partial charge in [-0.2, -0.15) is 4.98 Å². The van der Waals surface area contributed by atoms with Crippen LogP contribution in [0.2, 0.25) is 0 Å². The maximum Gasteiger partial charge on any atom is 0.238 e. The van der Waals surface area contributed by atoms with E-state index >= 15 is 0 Å². The van der Waals surface area contributed by atoms with Gasteiger partial charge >= 0.3 is 0 Å². The SMILES string of the molecule is CC1(C)[C@H](c2ccc(S(N)(=O)=O)cc2)[C@H]1c1nc(C2CC3(CCC3)C2)no1. The quantitative estimate of drug-likeness (QED) is 0.863. The molecule has 0 saturated heterocycles. The van der Waals surface area contributed by atoms with E-state index in [9.17, 15) is 8.42 Å². The van der Waals surface area contributed by atoms with E-state index < -0.39 is 10.0 Å². The highest BCUT2D eigenvalue weighted by Gasteiger charge is 2.62. The number of hydrogen-bond donors (Lipinski definition) is 1. The number of primary sulfonamides is 1. The average molecular weight is 388 g/mol. The maximum absolute atomic E-state index is 11.5. The van der Waals surface area contributed by atoms with Crippen LogP contribution in [0, 0.1) is 10.8 Å². The Morgan fingerprint density at radius 2 is 1.78 bits per heavy atom. The van der Waals surface area contributed by atoms with Crippen LogP contribution in [-0.4, -0.2) is 18.6 Å². The van der Waals surface area contributed by atoms with E-state index in [0.717, 1.165) is 11.4 Å². The molecular weight excluding hydrogens is 362 g/mol. The van der Waals surface area contributed by atoms with Crippen LogP contribution in [0.1, 0.15) is 81.0 Å². The fraction of sp³-hybridized carbons (Fsp3) is 0.600. The summed E-state index contributed by atoms with van der Waals surface area (Å²) in [4.78, 5) is 4.89. The number of rotatable bonds is 4. The van der Waals surface area contributed by atoms with Crippen LogP contribution in [0.3, 0.4) is 0 Å². The molecule has 2 aromatic rings. The van der Waals surface area contributed by atoms with Gasteiger partial charge in [0.1, 0.15) is 0 Å². The predicted molar refractivity (Wildman–Crippen MR) is 99.6 cm³/mol. The second kappa shape index (κ2) is 5.41. The summed E-state index contributed by atoms with van der Waals surface area (Å²) >= 11 is 0. The zero-order valence-electron chi connectivity index (χ0n) is 15.7. The topological polar surface area (TPSA) is 99.1 Å². The van der Waals surface area contributed by atoms with Crippen molar-refractivity contribution >= 4 is 10.0 Å². The van der Waals surface area contributed by atoms with Gasteiger partial charge in [-0.15, -0.1) is 0 Å². The molecule has 7 heteroatoms. The zero-order chi connectivity index (χ0) is 19.0. The van der Waals surface area contributed by atoms with Crippen molar-refractivity contribution in [1.29, 1.82) is 0 Å². The van der Waals surface area contributed by atoms with E-state index in [4.69, 9.17) is 14.6 Å². The number of nitrogens with two attached hydrogens (primary N) is 1. The summed E-state index contributed by atoms with van der Waals surface area (Å²) in [6, 6.07) is 6.83. The number of aromatic nitrogens is 2. The zero-order valence-corrected chi connectivity index (χ0v) is 16.5. The fourth-order valence-corrected chi connectivity index (χ4v) is 5.89. The van der Waals surface area contributed by atoms with Crippen molar-refractivity contribution in [3.63, 3.8) is 0 Å². The van der Waals surface area contributed by atoms with Gasteiger partial charge in [-0.1, -0.05) is 37.6 Å². The highest BCUT2D eigenvalue weighted by Crippen LogP contribution is 2.69. The Morgan fingerprint density at radius 1 is 1.11 bits per heavy atom. The summed E-state index contributed by atoms with van der Waals surface area (Å²) in [5.41, 5.74) is 1.67. The second-order valence-electron chi connectivity index (χ2n) is 9.34. The number of hydrogen-bond acceptors (Lipinski definition) is 5. The summed E-state index contributed by atoms with van der Waals surface area (Å²) in [5, 5.41) is 9.47. The van der Waals surface area contributed by atoms with Crippen LogP contribution >= 0.6 is 0 Å². The molecule has 6 nitrogen and oxygen atoms in total. The van der Waals surface area contributed by atoms with Gasteiger partial charge in [-0.25, -0.2) is 13.6 Å². The Balaban J connectivity index is 1.34. The van der Waals surface area contributed by atoms with Gasteiger partial charge in [0.05, 0.1) is 10.8 Å². The van der Waals surface area contributed by atoms with Crippen molar-refractivity contribution in [2.75, 3.05) is 0 Å². The smallest absolute Gasteiger partial charge is 0.238 e. The fourth-order valence-electron chi connectivity index (χ4n) is 5.38. The first-order chi connectivity index (χ1) is 12.7. The monoisotopic (exact) mass is 387 g/mol. The van der Waals surface area contributed by atoms with E-state index in [1.807, 2.05) is 12.1 Å². The van der Waals surface area contributed by atoms with Crippen LogP contribution in [0.25, 0.3) is 0 Å². The molecule has 0 unspecified atom stereocenters. The largest absolute Gasteiger partial charge is 0.339 e. The molecule has 5 rings (SSSR count). The Labute approximate surface area is 159 Å². The van der Waals surface area contributed by atoms with Crippen molar-refractivity contribution < 1.29 is 12.9 Å². The third kappa shape index (κ3) is 2.66. The molecule has 2 atom stereocenters. The first-order valence-corrected chi connectivity index (χ1v) is 11.2. The molecule has 0 radical (unpaired) electrons. The van der Waals surface area contributed by atoms with Crippen molar-refractivity contribution in [2.24, 2.45) is 16.0 Å². The number of benzene rings is 1. The molecular formula is C20H25N3O3S. The molecule has 3 aliphatic rings. The molecule has 27 heavy (non-hydrogen) atoms. The van der Waals surface area contributed by atoms with E-state index in [1.165, 1.54) is 32.1 Å². The highest BCUT2D eigenvalue weighted by atomic mass is 32.2. The molecule has 1 spiro atoms. The van der Waals surface area contributed by atoms with E-state index in [0.29, 0.717) is 17.2 Å². The molecule has 0 aliphatic heterocycles. The van der Waals surface area contributed by atoms with Gasteiger partial charge in [0.25, 0.3) is 0 Å². The lowest BCUT2D eigenvalue weighted by Crippen LogP contribution is -2.41. The minimum atomic E-state index is -3.67. The predicted octanol–water partition coefficient (Wildman–Crippen LogP) is 3.67. The second-order valence-corrected chi connectivity index (χ2v) is 10.9. The van der Waals surface area contributed by atoms with E-state index in [1.54, 1.807) is 12.1 Å². The molecule has 0 bridgehead atoms. The van der Waals surface area contributed by atoms with Gasteiger partial charge in [0, 0.05) is 11.8 Å². The standard InChI is InChI=1S/C20H25N3O3S/c1-19(2)15(12-4-6-14(7-5-12)27(21,24)25)16(19)18-22-17(23-26-18)13-10-20(11-13)8-3-9-20/h4-7,13,15-16H,3,8-11H2,1-2H3,(H2,21,24,25)/t15-,16+/m1/s1. The molecule has 0 amide bonds. The Morgan fingerprint density at radius 3 is 2.33 bits per heavy atom.